The first kappa shape index (κ1) is 13.3. The number of amides is 1. The number of rotatable bonds is 4. The van der Waals surface area contributed by atoms with E-state index >= 15 is 0 Å². The molecular formula is C12H18N2O3. The molecule has 1 atom stereocenters. The number of aromatic nitrogens is 1. The van der Waals surface area contributed by atoms with Gasteiger partial charge in [-0.3, -0.25) is 9.59 Å². The van der Waals surface area contributed by atoms with Crippen LogP contribution >= 0.6 is 0 Å². The minimum atomic E-state index is -0.556. The first-order chi connectivity index (χ1) is 7.97. The van der Waals surface area contributed by atoms with E-state index in [0.29, 0.717) is 0 Å². The van der Waals surface area contributed by atoms with Crippen LogP contribution < -0.4 is 15.6 Å². The van der Waals surface area contributed by atoms with Crippen molar-refractivity contribution in [3.63, 3.8) is 0 Å². The third kappa shape index (κ3) is 3.09. The van der Waals surface area contributed by atoms with Crippen molar-refractivity contribution in [3.8, 4) is 5.75 Å². The van der Waals surface area contributed by atoms with Crippen molar-refractivity contribution in [1.82, 2.24) is 9.88 Å². The molecule has 94 valence electrons. The maximum Gasteiger partial charge on any atom is 0.293 e. The van der Waals surface area contributed by atoms with Gasteiger partial charge < -0.3 is 14.6 Å². The van der Waals surface area contributed by atoms with Crippen LogP contribution in [0.2, 0.25) is 0 Å². The van der Waals surface area contributed by atoms with Gasteiger partial charge >= 0.3 is 0 Å². The number of nitrogens with one attached hydrogen (secondary N) is 1. The summed E-state index contributed by atoms with van der Waals surface area (Å²) < 4.78 is 6.29. The SMILES string of the molecule is COc1cccn(C(C)C(=O)NC(C)C)c1=O. The lowest BCUT2D eigenvalue weighted by molar-refractivity contribution is -0.124. The van der Waals surface area contributed by atoms with Crippen LogP contribution in [0.4, 0.5) is 0 Å². The van der Waals surface area contributed by atoms with Gasteiger partial charge in [0.1, 0.15) is 6.04 Å². The van der Waals surface area contributed by atoms with E-state index in [4.69, 9.17) is 4.74 Å². The first-order valence-corrected chi connectivity index (χ1v) is 5.53. The summed E-state index contributed by atoms with van der Waals surface area (Å²) in [6.45, 7) is 5.43. The molecule has 5 nitrogen and oxygen atoms in total. The Hall–Kier alpha value is -1.78. The molecule has 0 aliphatic carbocycles. The van der Waals surface area contributed by atoms with Gasteiger partial charge in [-0.1, -0.05) is 0 Å². The number of carbonyl (C=O) groups is 1. The number of pyridine rings is 1. The zero-order valence-electron chi connectivity index (χ0n) is 10.6. The van der Waals surface area contributed by atoms with E-state index < -0.39 is 6.04 Å². The summed E-state index contributed by atoms with van der Waals surface area (Å²) >= 11 is 0. The summed E-state index contributed by atoms with van der Waals surface area (Å²) in [6, 6.07) is 2.75. The van der Waals surface area contributed by atoms with Crippen molar-refractivity contribution in [1.29, 1.82) is 0 Å². The Morgan fingerprint density at radius 1 is 1.41 bits per heavy atom. The topological polar surface area (TPSA) is 60.3 Å². The molecule has 0 spiro atoms. The van der Waals surface area contributed by atoms with Gasteiger partial charge in [-0.15, -0.1) is 0 Å². The maximum atomic E-state index is 11.9. The predicted molar refractivity (Wildman–Crippen MR) is 65.2 cm³/mol. The quantitative estimate of drug-likeness (QED) is 0.849. The molecule has 0 aliphatic heterocycles. The second-order valence-corrected chi connectivity index (χ2v) is 4.13. The van der Waals surface area contributed by atoms with Crippen LogP contribution in [0.1, 0.15) is 26.8 Å². The molecule has 1 rings (SSSR count). The van der Waals surface area contributed by atoms with Crippen molar-refractivity contribution < 1.29 is 9.53 Å². The molecule has 0 saturated heterocycles. The molecule has 0 aliphatic rings. The van der Waals surface area contributed by atoms with Crippen LogP contribution in [0.15, 0.2) is 23.1 Å². The highest BCUT2D eigenvalue weighted by atomic mass is 16.5. The number of ether oxygens (including phenoxy) is 1. The van der Waals surface area contributed by atoms with Crippen molar-refractivity contribution in [2.75, 3.05) is 7.11 Å². The molecule has 0 bridgehead atoms. The highest BCUT2D eigenvalue weighted by Gasteiger charge is 2.17. The van der Waals surface area contributed by atoms with E-state index in [0.717, 1.165) is 0 Å². The van der Waals surface area contributed by atoms with Crippen LogP contribution in [0.3, 0.4) is 0 Å². The van der Waals surface area contributed by atoms with E-state index in [1.54, 1.807) is 25.3 Å². The Bertz CT molecular complexity index is 451. The first-order valence-electron chi connectivity index (χ1n) is 5.53. The standard InChI is InChI=1S/C12H18N2O3/c1-8(2)13-11(15)9(3)14-7-5-6-10(17-4)12(14)16/h5-9H,1-4H3,(H,13,15). The molecule has 1 aromatic rings. The summed E-state index contributed by atoms with van der Waals surface area (Å²) in [5.74, 6) is 0.0482. The zero-order chi connectivity index (χ0) is 13.0. The second kappa shape index (κ2) is 5.52. The predicted octanol–water partition coefficient (Wildman–Crippen LogP) is 0.942. The molecule has 5 heteroatoms. The average Bonchev–Trinajstić information content (AvgIpc) is 2.27. The molecule has 17 heavy (non-hydrogen) atoms. The Morgan fingerprint density at radius 3 is 2.59 bits per heavy atom. The van der Waals surface area contributed by atoms with Crippen LogP contribution in [-0.2, 0) is 4.79 Å². The molecule has 1 amide bonds. The fraction of sp³-hybridized carbons (Fsp3) is 0.500. The van der Waals surface area contributed by atoms with E-state index in [1.807, 2.05) is 13.8 Å². The summed E-state index contributed by atoms with van der Waals surface area (Å²) in [6.07, 6.45) is 1.58. The van der Waals surface area contributed by atoms with Gasteiger partial charge in [0.25, 0.3) is 5.56 Å². The van der Waals surface area contributed by atoms with Gasteiger partial charge in [0.2, 0.25) is 5.91 Å². The van der Waals surface area contributed by atoms with E-state index in [2.05, 4.69) is 5.32 Å². The summed E-state index contributed by atoms with van der Waals surface area (Å²) in [5, 5.41) is 2.77. The number of hydrogen-bond acceptors (Lipinski definition) is 3. The summed E-state index contributed by atoms with van der Waals surface area (Å²) in [4.78, 5) is 23.7. The smallest absolute Gasteiger partial charge is 0.293 e. The Labute approximate surface area is 100 Å². The number of carbonyl (C=O) groups excluding carboxylic acids is 1. The number of methoxy groups -OCH3 is 1. The lowest BCUT2D eigenvalue weighted by Gasteiger charge is -2.17. The molecule has 0 fully saturated rings. The maximum absolute atomic E-state index is 11.9. The van der Waals surface area contributed by atoms with Gasteiger partial charge in [0.05, 0.1) is 7.11 Å². The molecule has 1 N–H and O–H groups in total. The van der Waals surface area contributed by atoms with Crippen LogP contribution in [0.25, 0.3) is 0 Å². The Balaban J connectivity index is 3.00. The fourth-order valence-corrected chi connectivity index (χ4v) is 1.48. The van der Waals surface area contributed by atoms with Gasteiger partial charge in [-0.05, 0) is 32.9 Å². The largest absolute Gasteiger partial charge is 0.491 e. The van der Waals surface area contributed by atoms with Gasteiger partial charge in [0.15, 0.2) is 5.75 Å². The second-order valence-electron chi connectivity index (χ2n) is 4.13. The normalized spacial score (nSPS) is 12.3. The Morgan fingerprint density at radius 2 is 2.06 bits per heavy atom. The minimum Gasteiger partial charge on any atom is -0.491 e. The van der Waals surface area contributed by atoms with E-state index in [9.17, 15) is 9.59 Å². The van der Waals surface area contributed by atoms with Crippen molar-refractivity contribution in [2.24, 2.45) is 0 Å². The van der Waals surface area contributed by atoms with E-state index in [-0.39, 0.29) is 23.3 Å². The Kier molecular flexibility index (Phi) is 4.31. The molecule has 0 saturated carbocycles. The molecule has 1 unspecified atom stereocenters. The average molecular weight is 238 g/mol. The third-order valence-electron chi connectivity index (χ3n) is 2.39. The fourth-order valence-electron chi connectivity index (χ4n) is 1.48. The highest BCUT2D eigenvalue weighted by molar-refractivity contribution is 5.80. The zero-order valence-corrected chi connectivity index (χ0v) is 10.6. The lowest BCUT2D eigenvalue weighted by Crippen LogP contribution is -2.38. The summed E-state index contributed by atoms with van der Waals surface area (Å²) in [5.41, 5.74) is -0.304. The van der Waals surface area contributed by atoms with Crippen molar-refractivity contribution in [2.45, 2.75) is 32.9 Å². The highest BCUT2D eigenvalue weighted by Crippen LogP contribution is 2.07. The molecule has 1 heterocycles. The van der Waals surface area contributed by atoms with Gasteiger partial charge in [-0.2, -0.15) is 0 Å². The number of hydrogen-bond donors (Lipinski definition) is 1. The minimum absolute atomic E-state index is 0.0475. The van der Waals surface area contributed by atoms with Crippen molar-refractivity contribution in [3.05, 3.63) is 28.7 Å². The van der Waals surface area contributed by atoms with Crippen molar-refractivity contribution >= 4 is 5.91 Å². The molecule has 1 aromatic heterocycles. The monoisotopic (exact) mass is 238 g/mol. The molecular weight excluding hydrogens is 220 g/mol. The van der Waals surface area contributed by atoms with Crippen LogP contribution in [0.5, 0.6) is 5.75 Å². The number of nitrogens with zero attached hydrogens (tertiary/aromatic N) is 1. The molecule has 0 aromatic carbocycles. The van der Waals surface area contributed by atoms with E-state index in [1.165, 1.54) is 11.7 Å². The third-order valence-corrected chi connectivity index (χ3v) is 2.39. The lowest BCUT2D eigenvalue weighted by atomic mass is 10.2. The van der Waals surface area contributed by atoms with Gasteiger partial charge in [0, 0.05) is 12.2 Å². The van der Waals surface area contributed by atoms with Crippen LogP contribution in [0, 0.1) is 0 Å². The summed E-state index contributed by atoms with van der Waals surface area (Å²) in [7, 11) is 1.43. The molecule has 0 radical (unpaired) electrons. The van der Waals surface area contributed by atoms with Crippen LogP contribution in [-0.4, -0.2) is 23.6 Å². The van der Waals surface area contributed by atoms with Gasteiger partial charge in [-0.25, -0.2) is 0 Å².